The van der Waals surface area contributed by atoms with Gasteiger partial charge in [0.1, 0.15) is 5.76 Å². The van der Waals surface area contributed by atoms with Crippen molar-refractivity contribution in [2.24, 2.45) is 5.92 Å². The number of carbonyl (C=O) groups is 2. The second-order valence-electron chi connectivity index (χ2n) is 5.26. The average molecular weight is 337 g/mol. The second kappa shape index (κ2) is 8.66. The summed E-state index contributed by atoms with van der Waals surface area (Å²) in [5.74, 6) is -2.51. The van der Waals surface area contributed by atoms with Crippen molar-refractivity contribution in [3.63, 3.8) is 0 Å². The van der Waals surface area contributed by atoms with Crippen LogP contribution in [-0.4, -0.2) is 35.0 Å². The minimum atomic E-state index is -1.12. The van der Waals surface area contributed by atoms with Gasteiger partial charge in [0.15, 0.2) is 5.75 Å². The topological polar surface area (TPSA) is 116 Å². The van der Waals surface area contributed by atoms with E-state index < -0.39 is 22.4 Å². The van der Waals surface area contributed by atoms with Gasteiger partial charge in [0.2, 0.25) is 0 Å². The van der Waals surface area contributed by atoms with Gasteiger partial charge in [0, 0.05) is 17.7 Å². The van der Waals surface area contributed by atoms with Crippen molar-refractivity contribution >= 4 is 23.2 Å². The van der Waals surface area contributed by atoms with Crippen LogP contribution in [0.2, 0.25) is 0 Å². The molecule has 0 heterocycles. The van der Waals surface area contributed by atoms with Gasteiger partial charge in [-0.25, -0.2) is 4.79 Å². The third-order valence-electron chi connectivity index (χ3n) is 2.77. The molecular formula is C16H19NO7. The van der Waals surface area contributed by atoms with Crippen molar-refractivity contribution < 1.29 is 29.1 Å². The molecule has 24 heavy (non-hydrogen) atoms. The van der Waals surface area contributed by atoms with E-state index in [4.69, 9.17) is 4.74 Å². The van der Waals surface area contributed by atoms with Crippen LogP contribution in [0.25, 0.3) is 5.76 Å². The van der Waals surface area contributed by atoms with E-state index in [0.717, 1.165) is 6.07 Å². The molecule has 0 saturated carbocycles. The number of rotatable bonds is 8. The molecule has 0 aliphatic rings. The summed E-state index contributed by atoms with van der Waals surface area (Å²) in [6, 6.07) is 3.75. The lowest BCUT2D eigenvalue weighted by Gasteiger charge is -2.10. The summed E-state index contributed by atoms with van der Waals surface area (Å²) in [5, 5.41) is 21.0. The molecule has 0 unspecified atom stereocenters. The Labute approximate surface area is 138 Å². The molecule has 0 bridgehead atoms. The Balaban J connectivity index is 3.08. The number of ketones is 1. The number of benzene rings is 1. The van der Waals surface area contributed by atoms with Crippen LogP contribution in [0.4, 0.5) is 5.69 Å². The zero-order valence-electron chi connectivity index (χ0n) is 13.6. The quantitative estimate of drug-likeness (QED) is 0.193. The van der Waals surface area contributed by atoms with Gasteiger partial charge in [-0.1, -0.05) is 13.8 Å². The highest BCUT2D eigenvalue weighted by atomic mass is 16.6. The Hall–Kier alpha value is -2.90. The van der Waals surface area contributed by atoms with Crippen LogP contribution in [0.15, 0.2) is 24.3 Å². The van der Waals surface area contributed by atoms with E-state index in [1.807, 2.05) is 13.8 Å². The highest BCUT2D eigenvalue weighted by Gasteiger charge is 2.19. The fourth-order valence-electron chi connectivity index (χ4n) is 1.67. The predicted octanol–water partition coefficient (Wildman–Crippen LogP) is 2.66. The molecule has 0 saturated heterocycles. The van der Waals surface area contributed by atoms with Crippen molar-refractivity contribution in [3.05, 3.63) is 40.0 Å². The number of aliphatic hydroxyl groups excluding tert-OH is 1. The smallest absolute Gasteiger partial charge is 0.379 e. The number of hydrogen-bond donors (Lipinski definition) is 1. The van der Waals surface area contributed by atoms with Gasteiger partial charge in [-0.3, -0.25) is 14.9 Å². The maximum atomic E-state index is 11.5. The van der Waals surface area contributed by atoms with Crippen LogP contribution in [0, 0.1) is 16.0 Å². The molecule has 1 aromatic carbocycles. The number of nitro groups is 1. The molecule has 0 aromatic heterocycles. The van der Waals surface area contributed by atoms with Crippen LogP contribution in [0.1, 0.15) is 26.3 Å². The zero-order chi connectivity index (χ0) is 18.3. The van der Waals surface area contributed by atoms with Crippen LogP contribution in [0.5, 0.6) is 5.75 Å². The third kappa shape index (κ3) is 5.38. The van der Waals surface area contributed by atoms with E-state index >= 15 is 0 Å². The molecule has 0 fully saturated rings. The first-order chi connectivity index (χ1) is 11.3. The van der Waals surface area contributed by atoms with Crippen molar-refractivity contribution in [2.75, 3.05) is 13.2 Å². The van der Waals surface area contributed by atoms with Gasteiger partial charge >= 0.3 is 11.7 Å². The summed E-state index contributed by atoms with van der Waals surface area (Å²) in [4.78, 5) is 33.2. The molecule has 8 nitrogen and oxygen atoms in total. The van der Waals surface area contributed by atoms with E-state index in [9.17, 15) is 24.8 Å². The summed E-state index contributed by atoms with van der Waals surface area (Å²) >= 11 is 0. The Morgan fingerprint density at radius 3 is 2.58 bits per heavy atom. The number of ether oxygens (including phenoxy) is 2. The SMILES string of the molecule is CCOC(=O)C(=O)/C=C(\O)c1ccc(OCC(C)C)c([N+](=O)[O-])c1. The maximum Gasteiger partial charge on any atom is 0.379 e. The molecular weight excluding hydrogens is 318 g/mol. The van der Waals surface area contributed by atoms with E-state index in [0.29, 0.717) is 12.7 Å². The number of hydrogen-bond acceptors (Lipinski definition) is 7. The minimum Gasteiger partial charge on any atom is -0.507 e. The zero-order valence-corrected chi connectivity index (χ0v) is 13.6. The normalized spacial score (nSPS) is 11.2. The van der Waals surface area contributed by atoms with Crippen LogP contribution >= 0.6 is 0 Å². The van der Waals surface area contributed by atoms with E-state index in [1.165, 1.54) is 19.1 Å². The summed E-state index contributed by atoms with van der Waals surface area (Å²) in [5.41, 5.74) is -0.340. The van der Waals surface area contributed by atoms with Gasteiger partial charge in [-0.05, 0) is 25.0 Å². The number of nitrogens with zero attached hydrogens (tertiary/aromatic N) is 1. The molecule has 0 aliphatic carbocycles. The molecule has 0 amide bonds. The standard InChI is InChI=1S/C16H19NO7/c1-4-23-16(20)14(19)8-13(18)11-5-6-15(24-9-10(2)3)12(7-11)17(21)22/h5-8,10,18H,4,9H2,1-3H3/b13-8-. The first-order valence-electron chi connectivity index (χ1n) is 7.29. The van der Waals surface area contributed by atoms with Gasteiger partial charge in [0.25, 0.3) is 5.78 Å². The van der Waals surface area contributed by atoms with Gasteiger partial charge in [-0.15, -0.1) is 0 Å². The van der Waals surface area contributed by atoms with E-state index in [-0.39, 0.29) is 29.5 Å². The van der Waals surface area contributed by atoms with E-state index in [2.05, 4.69) is 4.74 Å². The fourth-order valence-corrected chi connectivity index (χ4v) is 1.67. The predicted molar refractivity (Wildman–Crippen MR) is 85.7 cm³/mol. The lowest BCUT2D eigenvalue weighted by Crippen LogP contribution is -2.15. The van der Waals surface area contributed by atoms with Crippen LogP contribution in [0.3, 0.4) is 0 Å². The highest BCUT2D eigenvalue weighted by Crippen LogP contribution is 2.30. The molecule has 0 aliphatic heterocycles. The molecule has 0 atom stereocenters. The number of aliphatic hydroxyl groups is 1. The van der Waals surface area contributed by atoms with Crippen molar-refractivity contribution in [1.29, 1.82) is 0 Å². The largest absolute Gasteiger partial charge is 0.507 e. The Bertz CT molecular complexity index is 664. The lowest BCUT2D eigenvalue weighted by atomic mass is 10.1. The molecule has 0 spiro atoms. The van der Waals surface area contributed by atoms with Crippen molar-refractivity contribution in [1.82, 2.24) is 0 Å². The van der Waals surface area contributed by atoms with Crippen LogP contribution < -0.4 is 4.74 Å². The van der Waals surface area contributed by atoms with Gasteiger partial charge in [-0.2, -0.15) is 0 Å². The Kier molecular flexibility index (Phi) is 6.91. The number of nitro benzene ring substituents is 1. The van der Waals surface area contributed by atoms with E-state index in [1.54, 1.807) is 0 Å². The minimum absolute atomic E-state index is 0.0104. The summed E-state index contributed by atoms with van der Waals surface area (Å²) < 4.78 is 9.87. The fraction of sp³-hybridized carbons (Fsp3) is 0.375. The molecule has 1 N–H and O–H groups in total. The summed E-state index contributed by atoms with van der Waals surface area (Å²) in [6.45, 7) is 5.65. The Morgan fingerprint density at radius 1 is 1.38 bits per heavy atom. The monoisotopic (exact) mass is 337 g/mol. The number of esters is 1. The highest BCUT2D eigenvalue weighted by molar-refractivity contribution is 6.39. The van der Waals surface area contributed by atoms with Gasteiger partial charge in [0.05, 0.1) is 18.1 Å². The summed E-state index contributed by atoms with van der Waals surface area (Å²) in [6.07, 6.45) is 0.658. The van der Waals surface area contributed by atoms with Crippen molar-refractivity contribution in [3.8, 4) is 5.75 Å². The maximum absolute atomic E-state index is 11.5. The number of carbonyl (C=O) groups excluding carboxylic acids is 2. The first kappa shape index (κ1) is 19.1. The Morgan fingerprint density at radius 2 is 2.04 bits per heavy atom. The third-order valence-corrected chi connectivity index (χ3v) is 2.77. The molecule has 1 aromatic rings. The summed E-state index contributed by atoms with van der Waals surface area (Å²) in [7, 11) is 0. The average Bonchev–Trinajstić information content (AvgIpc) is 2.52. The first-order valence-corrected chi connectivity index (χ1v) is 7.29. The van der Waals surface area contributed by atoms with Crippen LogP contribution in [-0.2, 0) is 14.3 Å². The molecule has 1 rings (SSSR count). The molecule has 130 valence electrons. The molecule has 8 heteroatoms. The second-order valence-corrected chi connectivity index (χ2v) is 5.26. The molecule has 0 radical (unpaired) electrons. The van der Waals surface area contributed by atoms with Gasteiger partial charge < -0.3 is 14.6 Å². The van der Waals surface area contributed by atoms with Crippen molar-refractivity contribution in [2.45, 2.75) is 20.8 Å². The lowest BCUT2D eigenvalue weighted by molar-refractivity contribution is -0.385.